The molecule has 0 saturated carbocycles. The topological polar surface area (TPSA) is 70.7 Å². The fraction of sp³-hybridized carbons (Fsp3) is 0.583. The van der Waals surface area contributed by atoms with Crippen molar-refractivity contribution >= 4 is 23.7 Å². The highest BCUT2D eigenvalue weighted by Gasteiger charge is 2.62. The largest absolute Gasteiger partial charge is 0.438 e. The number of hydrazone groups is 1. The van der Waals surface area contributed by atoms with Crippen LogP contribution < -0.4 is 0 Å². The molecule has 122 valence electrons. The third-order valence-corrected chi connectivity index (χ3v) is 4.09. The molecule has 2 heterocycles. The number of aliphatic hydroxyl groups is 1. The highest BCUT2D eigenvalue weighted by molar-refractivity contribution is 6.31. The van der Waals surface area contributed by atoms with Crippen LogP contribution in [0.2, 0.25) is 5.02 Å². The van der Waals surface area contributed by atoms with Gasteiger partial charge in [-0.2, -0.15) is 28.4 Å². The van der Waals surface area contributed by atoms with Gasteiger partial charge in [-0.1, -0.05) is 11.6 Å². The molecule has 0 radical (unpaired) electrons. The molecule has 0 fully saturated rings. The number of nitrogens with zero attached hydrogens (tertiary/aromatic N) is 4. The Morgan fingerprint density at radius 3 is 2.55 bits per heavy atom. The molecule has 0 aliphatic carbocycles. The first-order valence-corrected chi connectivity index (χ1v) is 6.75. The molecule has 1 N–H and O–H groups in total. The second-order valence-electron chi connectivity index (χ2n) is 5.07. The molecule has 2 atom stereocenters. The van der Waals surface area contributed by atoms with E-state index >= 15 is 0 Å². The summed E-state index contributed by atoms with van der Waals surface area (Å²) >= 11 is 5.97. The number of carbonyl (C=O) groups is 1. The molecular formula is C12H14ClF3N4O2. The van der Waals surface area contributed by atoms with Crippen LogP contribution in [0.15, 0.2) is 5.10 Å². The van der Waals surface area contributed by atoms with Gasteiger partial charge in [-0.05, 0) is 20.8 Å². The van der Waals surface area contributed by atoms with Crippen LogP contribution in [0.5, 0.6) is 0 Å². The molecule has 0 aromatic carbocycles. The average Bonchev–Trinajstić information content (AvgIpc) is 2.94. The number of rotatable bonds is 2. The van der Waals surface area contributed by atoms with E-state index in [2.05, 4.69) is 10.2 Å². The second-order valence-corrected chi connectivity index (χ2v) is 5.45. The molecule has 1 amide bonds. The van der Waals surface area contributed by atoms with Gasteiger partial charge in [0.1, 0.15) is 6.04 Å². The molecule has 10 heteroatoms. The van der Waals surface area contributed by atoms with Gasteiger partial charge in [-0.15, -0.1) is 0 Å². The van der Waals surface area contributed by atoms with E-state index in [1.165, 1.54) is 11.6 Å². The first-order valence-electron chi connectivity index (χ1n) is 6.37. The number of carbonyl (C=O) groups excluding carboxylic acids is 1. The van der Waals surface area contributed by atoms with Crippen LogP contribution in [-0.2, 0) is 4.79 Å². The molecule has 2 rings (SSSR count). The lowest BCUT2D eigenvalue weighted by Crippen LogP contribution is -2.57. The standard InChI is InChI=1S/C12H14ClF3N4O2/c1-6-9(13)7(2)19(18-6)8(3)10(21)20-11(22,4-5-17-20)12(14,15)16/h5,8,22H,4H2,1-3H3/t8-,11-/m0/s1. The maximum Gasteiger partial charge on any atom is 0.438 e. The van der Waals surface area contributed by atoms with Crippen molar-refractivity contribution in [2.75, 3.05) is 0 Å². The predicted molar refractivity (Wildman–Crippen MR) is 72.4 cm³/mol. The molecule has 0 spiro atoms. The minimum absolute atomic E-state index is 0.0576. The Morgan fingerprint density at radius 1 is 1.50 bits per heavy atom. The van der Waals surface area contributed by atoms with Gasteiger partial charge in [0.2, 0.25) is 0 Å². The Kier molecular flexibility index (Phi) is 3.99. The zero-order chi connectivity index (χ0) is 16.9. The van der Waals surface area contributed by atoms with Gasteiger partial charge in [0.05, 0.1) is 16.4 Å². The molecule has 1 aromatic rings. The number of alkyl halides is 3. The van der Waals surface area contributed by atoms with E-state index in [-0.39, 0.29) is 5.01 Å². The molecule has 0 unspecified atom stereocenters. The fourth-order valence-electron chi connectivity index (χ4n) is 2.21. The smallest absolute Gasteiger partial charge is 0.362 e. The van der Waals surface area contributed by atoms with Crippen molar-refractivity contribution in [2.24, 2.45) is 5.10 Å². The van der Waals surface area contributed by atoms with Crippen molar-refractivity contribution in [3.05, 3.63) is 16.4 Å². The van der Waals surface area contributed by atoms with Crippen LogP contribution in [0, 0.1) is 13.8 Å². The first-order chi connectivity index (χ1) is 10.0. The van der Waals surface area contributed by atoms with Gasteiger partial charge in [-0.3, -0.25) is 9.48 Å². The molecule has 1 aromatic heterocycles. The molecule has 0 saturated heterocycles. The van der Waals surface area contributed by atoms with E-state index in [1.807, 2.05) is 0 Å². The highest BCUT2D eigenvalue weighted by atomic mass is 35.5. The maximum atomic E-state index is 13.0. The summed E-state index contributed by atoms with van der Waals surface area (Å²) in [6.45, 7) is 4.57. The Morgan fingerprint density at radius 2 is 2.09 bits per heavy atom. The summed E-state index contributed by atoms with van der Waals surface area (Å²) in [4.78, 5) is 12.3. The summed E-state index contributed by atoms with van der Waals surface area (Å²) in [6.07, 6.45) is -4.98. The predicted octanol–water partition coefficient (Wildman–Crippen LogP) is 2.18. The average molecular weight is 339 g/mol. The first kappa shape index (κ1) is 16.8. The van der Waals surface area contributed by atoms with E-state index < -0.39 is 30.3 Å². The normalized spacial score (nSPS) is 23.2. The van der Waals surface area contributed by atoms with Crippen LogP contribution >= 0.6 is 11.6 Å². The molecular weight excluding hydrogens is 325 g/mol. The maximum absolute atomic E-state index is 13.0. The number of aryl methyl sites for hydroxylation is 1. The Hall–Kier alpha value is -1.61. The van der Waals surface area contributed by atoms with Gasteiger partial charge < -0.3 is 5.11 Å². The summed E-state index contributed by atoms with van der Waals surface area (Å²) in [7, 11) is 0. The lowest BCUT2D eigenvalue weighted by atomic mass is 10.1. The zero-order valence-corrected chi connectivity index (χ0v) is 12.8. The third-order valence-electron chi connectivity index (χ3n) is 3.55. The van der Waals surface area contributed by atoms with E-state index in [4.69, 9.17) is 11.6 Å². The van der Waals surface area contributed by atoms with Gasteiger partial charge in [0.25, 0.3) is 11.6 Å². The molecule has 1 aliphatic heterocycles. The van der Waals surface area contributed by atoms with E-state index in [1.54, 1.807) is 13.8 Å². The highest BCUT2D eigenvalue weighted by Crippen LogP contribution is 2.39. The Bertz CT molecular complexity index is 643. The van der Waals surface area contributed by atoms with Crippen molar-refractivity contribution in [1.82, 2.24) is 14.8 Å². The zero-order valence-electron chi connectivity index (χ0n) is 12.0. The summed E-state index contributed by atoms with van der Waals surface area (Å²) in [6, 6.07) is -1.10. The SMILES string of the molecule is Cc1nn([C@@H](C)C(=O)N2N=CC[C@]2(O)C(F)(F)F)c(C)c1Cl. The summed E-state index contributed by atoms with van der Waals surface area (Å²) in [5.74, 6) is -1.03. The van der Waals surface area contributed by atoms with Crippen molar-refractivity contribution < 1.29 is 23.1 Å². The lowest BCUT2D eigenvalue weighted by Gasteiger charge is -2.34. The van der Waals surface area contributed by atoms with E-state index in [0.717, 1.165) is 6.21 Å². The van der Waals surface area contributed by atoms with Crippen LogP contribution in [-0.4, -0.2) is 43.9 Å². The van der Waals surface area contributed by atoms with E-state index in [0.29, 0.717) is 16.4 Å². The van der Waals surface area contributed by atoms with Crippen LogP contribution in [0.3, 0.4) is 0 Å². The van der Waals surface area contributed by atoms with Crippen LogP contribution in [0.25, 0.3) is 0 Å². The Balaban J connectivity index is 2.35. The van der Waals surface area contributed by atoms with Crippen molar-refractivity contribution in [3.8, 4) is 0 Å². The summed E-state index contributed by atoms with van der Waals surface area (Å²) < 4.78 is 40.2. The van der Waals surface area contributed by atoms with Gasteiger partial charge in [0, 0.05) is 12.6 Å². The number of aromatic nitrogens is 2. The molecule has 22 heavy (non-hydrogen) atoms. The van der Waals surface area contributed by atoms with Crippen LogP contribution in [0.4, 0.5) is 13.2 Å². The van der Waals surface area contributed by atoms with Crippen molar-refractivity contribution in [1.29, 1.82) is 0 Å². The number of hydrogen-bond donors (Lipinski definition) is 1. The molecule has 6 nitrogen and oxygen atoms in total. The number of hydrogen-bond acceptors (Lipinski definition) is 4. The number of amides is 1. The quantitative estimate of drug-likeness (QED) is 0.898. The molecule has 1 aliphatic rings. The monoisotopic (exact) mass is 338 g/mol. The third kappa shape index (κ3) is 2.38. The lowest BCUT2D eigenvalue weighted by molar-refractivity contribution is -0.302. The van der Waals surface area contributed by atoms with Crippen LogP contribution in [0.1, 0.15) is 30.8 Å². The van der Waals surface area contributed by atoms with Gasteiger partial charge in [0.15, 0.2) is 0 Å². The summed E-state index contributed by atoms with van der Waals surface area (Å²) in [5.41, 5.74) is -2.44. The number of halogens is 4. The van der Waals surface area contributed by atoms with Crippen molar-refractivity contribution in [3.63, 3.8) is 0 Å². The van der Waals surface area contributed by atoms with Gasteiger partial charge in [-0.25, -0.2) is 0 Å². The second kappa shape index (κ2) is 5.24. The Labute approximate surface area is 129 Å². The minimum atomic E-state index is -5.02. The van der Waals surface area contributed by atoms with Gasteiger partial charge >= 0.3 is 6.18 Å². The minimum Gasteiger partial charge on any atom is -0.362 e. The fourth-order valence-corrected chi connectivity index (χ4v) is 2.33. The van der Waals surface area contributed by atoms with Crippen molar-refractivity contribution in [2.45, 2.75) is 45.1 Å². The molecule has 0 bridgehead atoms. The summed E-state index contributed by atoms with van der Waals surface area (Å²) in [5, 5.41) is 17.6. The van der Waals surface area contributed by atoms with E-state index in [9.17, 15) is 23.1 Å².